The van der Waals surface area contributed by atoms with Gasteiger partial charge in [-0.05, 0) is 50.6 Å². The number of carbonyl (C=O) groups excluding carboxylic acids is 2. The average molecular weight is 372 g/mol. The maximum atomic E-state index is 12.1. The molecule has 134 valence electrons. The first kappa shape index (κ1) is 19.3. The molecule has 0 aliphatic heterocycles. The van der Waals surface area contributed by atoms with Gasteiger partial charge in [0, 0.05) is 5.69 Å². The van der Waals surface area contributed by atoms with E-state index < -0.39 is 18.0 Å². The third-order valence-electron chi connectivity index (χ3n) is 3.60. The van der Waals surface area contributed by atoms with Gasteiger partial charge in [0.15, 0.2) is 6.10 Å². The molecule has 2 N–H and O–H groups in total. The van der Waals surface area contributed by atoms with E-state index in [9.17, 15) is 9.59 Å². The summed E-state index contributed by atoms with van der Waals surface area (Å²) in [4.78, 5) is 24.1. The zero-order chi connectivity index (χ0) is 19.3. The van der Waals surface area contributed by atoms with Crippen molar-refractivity contribution in [2.24, 2.45) is 0 Å². The van der Waals surface area contributed by atoms with Crippen LogP contribution in [0, 0.1) is 25.2 Å². The van der Waals surface area contributed by atoms with Gasteiger partial charge in [-0.15, -0.1) is 0 Å². The Labute approximate surface area is 156 Å². The van der Waals surface area contributed by atoms with E-state index in [2.05, 4.69) is 10.6 Å². The van der Waals surface area contributed by atoms with Crippen LogP contribution in [-0.4, -0.2) is 18.0 Å². The predicted octanol–water partition coefficient (Wildman–Crippen LogP) is 3.94. The standard InChI is InChI=1S/C19H18ClN3O3/c1-11-4-6-16(12(2)8-11)22-19(25)23-18(24)13(3)26-17-7-5-14(10-21)9-15(17)20/h4-9,13H,1-3H3,(H2,22,23,24,25). The van der Waals surface area contributed by atoms with Gasteiger partial charge < -0.3 is 10.1 Å². The van der Waals surface area contributed by atoms with E-state index in [1.807, 2.05) is 32.0 Å². The molecule has 2 aromatic carbocycles. The third kappa shape index (κ3) is 4.98. The van der Waals surface area contributed by atoms with Gasteiger partial charge >= 0.3 is 6.03 Å². The Morgan fingerprint density at radius 1 is 1.19 bits per heavy atom. The van der Waals surface area contributed by atoms with Crippen LogP contribution in [0.4, 0.5) is 10.5 Å². The molecule has 0 radical (unpaired) electrons. The van der Waals surface area contributed by atoms with Crippen LogP contribution >= 0.6 is 11.6 Å². The van der Waals surface area contributed by atoms with E-state index in [1.165, 1.54) is 25.1 Å². The van der Waals surface area contributed by atoms with E-state index in [0.29, 0.717) is 11.3 Å². The average Bonchev–Trinajstić information content (AvgIpc) is 2.59. The fourth-order valence-electron chi connectivity index (χ4n) is 2.23. The van der Waals surface area contributed by atoms with Crippen LogP contribution in [-0.2, 0) is 4.79 Å². The first-order valence-electron chi connectivity index (χ1n) is 7.85. The molecule has 2 aromatic rings. The molecule has 0 aliphatic rings. The van der Waals surface area contributed by atoms with Crippen molar-refractivity contribution in [1.82, 2.24) is 5.32 Å². The smallest absolute Gasteiger partial charge is 0.325 e. The predicted molar refractivity (Wildman–Crippen MR) is 99.3 cm³/mol. The fraction of sp³-hybridized carbons (Fsp3) is 0.211. The Morgan fingerprint density at radius 3 is 2.54 bits per heavy atom. The minimum atomic E-state index is -0.953. The number of imide groups is 1. The number of nitrogens with one attached hydrogen (secondary N) is 2. The number of hydrogen-bond donors (Lipinski definition) is 2. The largest absolute Gasteiger partial charge is 0.479 e. The van der Waals surface area contributed by atoms with E-state index in [-0.39, 0.29) is 10.8 Å². The maximum absolute atomic E-state index is 12.1. The number of nitriles is 1. The van der Waals surface area contributed by atoms with Crippen molar-refractivity contribution < 1.29 is 14.3 Å². The number of hydrogen-bond acceptors (Lipinski definition) is 4. The Kier molecular flexibility index (Phi) is 6.21. The molecule has 26 heavy (non-hydrogen) atoms. The first-order valence-corrected chi connectivity index (χ1v) is 8.23. The third-order valence-corrected chi connectivity index (χ3v) is 3.90. The number of amides is 3. The van der Waals surface area contributed by atoms with Crippen molar-refractivity contribution in [2.75, 3.05) is 5.32 Å². The van der Waals surface area contributed by atoms with E-state index in [0.717, 1.165) is 11.1 Å². The number of anilines is 1. The van der Waals surface area contributed by atoms with Crippen molar-refractivity contribution in [1.29, 1.82) is 5.26 Å². The molecule has 0 saturated carbocycles. The summed E-state index contributed by atoms with van der Waals surface area (Å²) < 4.78 is 5.46. The summed E-state index contributed by atoms with van der Waals surface area (Å²) in [5.74, 6) is -0.365. The second-order valence-corrected chi connectivity index (χ2v) is 6.19. The molecule has 1 unspecified atom stereocenters. The lowest BCUT2D eigenvalue weighted by Gasteiger charge is -2.16. The minimum Gasteiger partial charge on any atom is -0.479 e. The van der Waals surface area contributed by atoms with E-state index in [4.69, 9.17) is 21.6 Å². The van der Waals surface area contributed by atoms with Crippen LogP contribution in [0.25, 0.3) is 0 Å². The molecule has 0 heterocycles. The van der Waals surface area contributed by atoms with Crippen LogP contribution < -0.4 is 15.4 Å². The second kappa shape index (κ2) is 8.37. The van der Waals surface area contributed by atoms with Crippen molar-refractivity contribution >= 4 is 29.2 Å². The van der Waals surface area contributed by atoms with Crippen LogP contribution in [0.1, 0.15) is 23.6 Å². The van der Waals surface area contributed by atoms with Crippen molar-refractivity contribution in [3.63, 3.8) is 0 Å². The van der Waals surface area contributed by atoms with Crippen LogP contribution in [0.5, 0.6) is 5.75 Å². The highest BCUT2D eigenvalue weighted by molar-refractivity contribution is 6.32. The van der Waals surface area contributed by atoms with Crippen LogP contribution in [0.3, 0.4) is 0 Å². The molecule has 0 aromatic heterocycles. The zero-order valence-electron chi connectivity index (χ0n) is 14.6. The number of nitrogens with zero attached hydrogens (tertiary/aromatic N) is 1. The van der Waals surface area contributed by atoms with Gasteiger partial charge in [0.05, 0.1) is 16.7 Å². The molecule has 0 aliphatic carbocycles. The van der Waals surface area contributed by atoms with Gasteiger partial charge in [-0.25, -0.2) is 4.79 Å². The number of carbonyl (C=O) groups is 2. The molecule has 6 nitrogen and oxygen atoms in total. The molecular weight excluding hydrogens is 354 g/mol. The first-order chi connectivity index (χ1) is 12.3. The highest BCUT2D eigenvalue weighted by Crippen LogP contribution is 2.26. The number of rotatable bonds is 4. The summed E-state index contributed by atoms with van der Waals surface area (Å²) >= 11 is 6.01. The second-order valence-electron chi connectivity index (χ2n) is 5.78. The van der Waals surface area contributed by atoms with Crippen LogP contribution in [0.2, 0.25) is 5.02 Å². The van der Waals surface area contributed by atoms with E-state index in [1.54, 1.807) is 6.07 Å². The van der Waals surface area contributed by atoms with Gasteiger partial charge in [-0.3, -0.25) is 10.1 Å². The molecule has 0 bridgehead atoms. The van der Waals surface area contributed by atoms with Crippen molar-refractivity contribution in [3.8, 4) is 11.8 Å². The highest BCUT2D eigenvalue weighted by Gasteiger charge is 2.19. The Bertz CT molecular complexity index is 890. The maximum Gasteiger partial charge on any atom is 0.325 e. The summed E-state index contributed by atoms with van der Waals surface area (Å²) in [5.41, 5.74) is 2.96. The number of urea groups is 1. The number of benzene rings is 2. The molecule has 0 saturated heterocycles. The normalized spacial score (nSPS) is 11.2. The molecule has 1 atom stereocenters. The van der Waals surface area contributed by atoms with E-state index >= 15 is 0 Å². The van der Waals surface area contributed by atoms with Crippen molar-refractivity contribution in [3.05, 3.63) is 58.1 Å². The molecule has 2 rings (SSSR count). The zero-order valence-corrected chi connectivity index (χ0v) is 15.3. The molecule has 0 fully saturated rings. The fourth-order valence-corrected chi connectivity index (χ4v) is 2.46. The quantitative estimate of drug-likeness (QED) is 0.851. The SMILES string of the molecule is Cc1ccc(NC(=O)NC(=O)C(C)Oc2ccc(C#N)cc2Cl)c(C)c1. The topological polar surface area (TPSA) is 91.2 Å². The molecule has 0 spiro atoms. The minimum absolute atomic E-state index is 0.212. The Balaban J connectivity index is 1.96. The number of ether oxygens (including phenoxy) is 1. The summed E-state index contributed by atoms with van der Waals surface area (Å²) in [5, 5.41) is 13.9. The summed E-state index contributed by atoms with van der Waals surface area (Å²) in [6, 6.07) is 11.3. The Hall–Kier alpha value is -3.04. The lowest BCUT2D eigenvalue weighted by atomic mass is 10.1. The summed E-state index contributed by atoms with van der Waals surface area (Å²) in [6.07, 6.45) is -0.953. The summed E-state index contributed by atoms with van der Waals surface area (Å²) in [6.45, 7) is 5.31. The molecule has 7 heteroatoms. The number of aryl methyl sites for hydroxylation is 2. The molecular formula is C19H18ClN3O3. The van der Waals surface area contributed by atoms with Crippen LogP contribution in [0.15, 0.2) is 36.4 Å². The monoisotopic (exact) mass is 371 g/mol. The number of halogens is 1. The van der Waals surface area contributed by atoms with Gasteiger partial charge in [-0.2, -0.15) is 5.26 Å². The van der Waals surface area contributed by atoms with Gasteiger partial charge in [0.25, 0.3) is 5.91 Å². The Morgan fingerprint density at radius 2 is 1.92 bits per heavy atom. The summed E-state index contributed by atoms with van der Waals surface area (Å²) in [7, 11) is 0. The van der Waals surface area contributed by atoms with Gasteiger partial charge in [0.2, 0.25) is 0 Å². The lowest BCUT2D eigenvalue weighted by Crippen LogP contribution is -2.42. The lowest BCUT2D eigenvalue weighted by molar-refractivity contribution is -0.126. The van der Waals surface area contributed by atoms with Gasteiger partial charge in [0.1, 0.15) is 5.75 Å². The van der Waals surface area contributed by atoms with Gasteiger partial charge in [-0.1, -0.05) is 29.3 Å². The molecule has 3 amide bonds. The van der Waals surface area contributed by atoms with Crippen molar-refractivity contribution in [2.45, 2.75) is 26.9 Å². The highest BCUT2D eigenvalue weighted by atomic mass is 35.5.